The van der Waals surface area contributed by atoms with Crippen LogP contribution in [0.5, 0.6) is 0 Å². The maximum Gasteiger partial charge on any atom is 0.264 e. The summed E-state index contributed by atoms with van der Waals surface area (Å²) in [5, 5.41) is 2.86. The van der Waals surface area contributed by atoms with E-state index in [1.165, 1.54) is 37.3 Å². The number of hydroxylamine groups is 1. The number of rotatable bonds is 8. The van der Waals surface area contributed by atoms with Crippen LogP contribution in [0.2, 0.25) is 0 Å². The fourth-order valence-corrected chi connectivity index (χ4v) is 3.62. The summed E-state index contributed by atoms with van der Waals surface area (Å²) in [7, 11) is 2.89. The first kappa shape index (κ1) is 21.0. The molecule has 2 aromatic carbocycles. The minimum Gasteiger partial charge on any atom is -0.348 e. The van der Waals surface area contributed by atoms with Crippen LogP contribution >= 0.6 is 0 Å². The zero-order valence-corrected chi connectivity index (χ0v) is 16.8. The molecule has 8 heteroatoms. The first-order chi connectivity index (χ1) is 12.8. The minimum atomic E-state index is -3.80. The monoisotopic (exact) mass is 392 g/mol. The standard InChI is InChI=1S/C19H25N3O4S/c1-21(2)14-17-9-6-5-8-16(17)13-20-19(23)15-10-7-11-18(12-15)27(24,25)22(3)26-4/h5-12H,13-14H2,1-4H3,(H,20,23)/p+1. The van der Waals surface area contributed by atoms with Gasteiger partial charge in [-0.2, -0.15) is 0 Å². The number of hydrogen-bond acceptors (Lipinski definition) is 4. The second kappa shape index (κ2) is 9.09. The summed E-state index contributed by atoms with van der Waals surface area (Å²) in [4.78, 5) is 18.6. The molecule has 7 nitrogen and oxygen atoms in total. The Morgan fingerprint density at radius 2 is 1.78 bits per heavy atom. The molecule has 2 aromatic rings. The topological polar surface area (TPSA) is 80.1 Å². The van der Waals surface area contributed by atoms with Gasteiger partial charge in [0, 0.05) is 24.7 Å². The van der Waals surface area contributed by atoms with Gasteiger partial charge in [-0.1, -0.05) is 34.8 Å². The molecule has 2 N–H and O–H groups in total. The number of hydrogen-bond donors (Lipinski definition) is 2. The Morgan fingerprint density at radius 1 is 1.11 bits per heavy atom. The van der Waals surface area contributed by atoms with Crippen molar-refractivity contribution in [3.05, 3.63) is 65.2 Å². The van der Waals surface area contributed by atoms with Gasteiger partial charge in [0.2, 0.25) is 0 Å². The smallest absolute Gasteiger partial charge is 0.264 e. The Balaban J connectivity index is 2.15. The number of carbonyl (C=O) groups is 1. The summed E-state index contributed by atoms with van der Waals surface area (Å²) in [5.41, 5.74) is 2.47. The van der Waals surface area contributed by atoms with Gasteiger partial charge in [-0.15, -0.1) is 0 Å². The van der Waals surface area contributed by atoms with Crippen molar-refractivity contribution in [2.24, 2.45) is 0 Å². The highest BCUT2D eigenvalue weighted by molar-refractivity contribution is 7.89. The molecule has 1 amide bonds. The molecule has 0 spiro atoms. The van der Waals surface area contributed by atoms with Crippen LogP contribution < -0.4 is 10.2 Å². The van der Waals surface area contributed by atoms with Crippen LogP contribution in [0.25, 0.3) is 0 Å². The Morgan fingerprint density at radius 3 is 2.41 bits per heavy atom. The molecule has 0 radical (unpaired) electrons. The molecule has 0 saturated heterocycles. The lowest BCUT2D eigenvalue weighted by atomic mass is 10.1. The van der Waals surface area contributed by atoms with Crippen molar-refractivity contribution in [3.8, 4) is 0 Å². The molecule has 146 valence electrons. The number of carbonyl (C=O) groups excluding carboxylic acids is 1. The van der Waals surface area contributed by atoms with E-state index in [2.05, 4.69) is 19.4 Å². The molecule has 0 aliphatic heterocycles. The van der Waals surface area contributed by atoms with Crippen molar-refractivity contribution >= 4 is 15.9 Å². The SMILES string of the molecule is CON(C)S(=O)(=O)c1cccc(C(=O)NCc2ccccc2C[NH+](C)C)c1. The van der Waals surface area contributed by atoms with Crippen molar-refractivity contribution in [3.63, 3.8) is 0 Å². The van der Waals surface area contributed by atoms with Crippen LogP contribution in [-0.4, -0.2) is 47.0 Å². The summed E-state index contributed by atoms with van der Waals surface area (Å²) in [6.07, 6.45) is 0. The minimum absolute atomic E-state index is 0.00360. The second-order valence-corrected chi connectivity index (χ2v) is 8.40. The lowest BCUT2D eigenvalue weighted by Gasteiger charge is -2.15. The highest BCUT2D eigenvalue weighted by atomic mass is 32.2. The number of nitrogens with one attached hydrogen (secondary N) is 2. The molecule has 0 aliphatic rings. The molecule has 0 heterocycles. The first-order valence-electron chi connectivity index (χ1n) is 8.53. The van der Waals surface area contributed by atoms with E-state index in [1.54, 1.807) is 6.07 Å². The van der Waals surface area contributed by atoms with Crippen molar-refractivity contribution in [2.45, 2.75) is 18.0 Å². The summed E-state index contributed by atoms with van der Waals surface area (Å²) in [6.45, 7) is 1.22. The van der Waals surface area contributed by atoms with E-state index >= 15 is 0 Å². The van der Waals surface area contributed by atoms with Crippen LogP contribution in [0.3, 0.4) is 0 Å². The number of benzene rings is 2. The first-order valence-corrected chi connectivity index (χ1v) is 9.97. The van der Waals surface area contributed by atoms with E-state index < -0.39 is 10.0 Å². The number of quaternary nitrogens is 1. The van der Waals surface area contributed by atoms with E-state index in [0.717, 1.165) is 22.1 Å². The van der Waals surface area contributed by atoms with Crippen molar-refractivity contribution in [1.82, 2.24) is 9.79 Å². The van der Waals surface area contributed by atoms with Gasteiger partial charge in [-0.25, -0.2) is 8.42 Å². The van der Waals surface area contributed by atoms with Crippen molar-refractivity contribution < 1.29 is 22.9 Å². The third-order valence-corrected chi connectivity index (χ3v) is 5.77. The normalized spacial score (nSPS) is 11.8. The van der Waals surface area contributed by atoms with Crippen LogP contribution in [0.15, 0.2) is 53.4 Å². The molecular formula is C19H26N3O4S+. The number of sulfonamides is 1. The van der Waals surface area contributed by atoms with Crippen LogP contribution in [0.1, 0.15) is 21.5 Å². The molecule has 0 aromatic heterocycles. The van der Waals surface area contributed by atoms with Gasteiger partial charge in [0.1, 0.15) is 6.54 Å². The van der Waals surface area contributed by atoms with Crippen molar-refractivity contribution in [2.75, 3.05) is 28.3 Å². The molecule has 0 saturated carbocycles. The van der Waals surface area contributed by atoms with E-state index in [9.17, 15) is 13.2 Å². The maximum atomic E-state index is 12.5. The van der Waals surface area contributed by atoms with Gasteiger partial charge in [-0.05, 0) is 23.8 Å². The predicted octanol–water partition coefficient (Wildman–Crippen LogP) is 0.443. The average Bonchev–Trinajstić information content (AvgIpc) is 2.66. The van der Waals surface area contributed by atoms with E-state index in [4.69, 9.17) is 4.84 Å². The van der Waals surface area contributed by atoms with Gasteiger partial charge in [-0.3, -0.25) is 9.63 Å². The molecule has 0 bridgehead atoms. The quantitative estimate of drug-likeness (QED) is 0.639. The lowest BCUT2D eigenvalue weighted by molar-refractivity contribution is -0.872. The zero-order chi connectivity index (χ0) is 20.0. The van der Waals surface area contributed by atoms with Crippen LogP contribution in [0, 0.1) is 0 Å². The summed E-state index contributed by atoms with van der Waals surface area (Å²) < 4.78 is 25.4. The van der Waals surface area contributed by atoms with Gasteiger partial charge in [0.25, 0.3) is 15.9 Å². The number of amides is 1. The fourth-order valence-electron chi connectivity index (χ4n) is 2.61. The van der Waals surface area contributed by atoms with Gasteiger partial charge < -0.3 is 10.2 Å². The summed E-state index contributed by atoms with van der Waals surface area (Å²) in [5.74, 6) is -0.334. The van der Waals surface area contributed by atoms with Crippen LogP contribution in [0.4, 0.5) is 0 Å². The van der Waals surface area contributed by atoms with E-state index in [0.29, 0.717) is 6.54 Å². The zero-order valence-electron chi connectivity index (χ0n) is 16.0. The molecule has 0 aliphatic carbocycles. The second-order valence-electron chi connectivity index (χ2n) is 6.46. The highest BCUT2D eigenvalue weighted by Gasteiger charge is 2.22. The fraction of sp³-hybridized carbons (Fsp3) is 0.316. The average molecular weight is 393 g/mol. The third kappa shape index (κ3) is 5.36. The van der Waals surface area contributed by atoms with E-state index in [1.807, 2.05) is 24.3 Å². The van der Waals surface area contributed by atoms with Crippen molar-refractivity contribution in [1.29, 1.82) is 0 Å². The van der Waals surface area contributed by atoms with Gasteiger partial charge in [0.05, 0.1) is 26.1 Å². The molecular weight excluding hydrogens is 366 g/mol. The Labute approximate surface area is 160 Å². The molecule has 0 fully saturated rings. The van der Waals surface area contributed by atoms with E-state index in [-0.39, 0.29) is 16.4 Å². The molecule has 2 rings (SSSR count). The third-order valence-electron chi connectivity index (χ3n) is 4.09. The largest absolute Gasteiger partial charge is 0.348 e. The maximum absolute atomic E-state index is 12.5. The Bertz CT molecular complexity index is 897. The molecule has 0 unspecified atom stereocenters. The lowest BCUT2D eigenvalue weighted by Crippen LogP contribution is -3.04. The Hall–Kier alpha value is -2.26. The number of nitrogens with zero attached hydrogens (tertiary/aromatic N) is 1. The molecule has 27 heavy (non-hydrogen) atoms. The highest BCUT2D eigenvalue weighted by Crippen LogP contribution is 2.16. The Kier molecular flexibility index (Phi) is 7.09. The molecule has 0 atom stereocenters. The summed E-state index contributed by atoms with van der Waals surface area (Å²) in [6, 6.07) is 13.8. The predicted molar refractivity (Wildman–Crippen MR) is 103 cm³/mol. The van der Waals surface area contributed by atoms with Crippen LogP contribution in [-0.2, 0) is 28.0 Å². The summed E-state index contributed by atoms with van der Waals surface area (Å²) >= 11 is 0. The van der Waals surface area contributed by atoms with Gasteiger partial charge in [0.15, 0.2) is 0 Å². The van der Waals surface area contributed by atoms with Gasteiger partial charge >= 0.3 is 0 Å².